The fraction of sp³-hybridized carbons (Fsp3) is 0.154. The van der Waals surface area contributed by atoms with Crippen molar-refractivity contribution in [3.8, 4) is 10.7 Å². The molecular formula is C13H10F2N2S. The van der Waals surface area contributed by atoms with Crippen LogP contribution in [-0.2, 0) is 0 Å². The van der Waals surface area contributed by atoms with Crippen LogP contribution in [0.15, 0.2) is 18.2 Å². The lowest BCUT2D eigenvalue weighted by Crippen LogP contribution is -1.82. The van der Waals surface area contributed by atoms with E-state index in [4.69, 9.17) is 0 Å². The summed E-state index contributed by atoms with van der Waals surface area (Å²) in [6, 6.07) is 4.26. The molecule has 2 aromatic heterocycles. The van der Waals surface area contributed by atoms with E-state index in [2.05, 4.69) is 9.97 Å². The Labute approximate surface area is 106 Å². The standard InChI is InChI=1S/C13H10F2N2S/c1-6-3-12(18-7(6)2)13-16-10-4-8(14)9(15)5-11(10)17-13/h3-5H,1-2H3,(H,16,17). The van der Waals surface area contributed by atoms with Crippen LogP contribution in [-0.4, -0.2) is 9.97 Å². The second-order valence-electron chi connectivity index (χ2n) is 4.22. The number of thiophene rings is 1. The van der Waals surface area contributed by atoms with Gasteiger partial charge in [0.25, 0.3) is 0 Å². The van der Waals surface area contributed by atoms with E-state index in [0.29, 0.717) is 16.9 Å². The first kappa shape index (κ1) is 11.3. The van der Waals surface area contributed by atoms with Gasteiger partial charge in [0, 0.05) is 17.0 Å². The minimum absolute atomic E-state index is 0.438. The fourth-order valence-corrected chi connectivity index (χ4v) is 2.79. The molecule has 18 heavy (non-hydrogen) atoms. The van der Waals surface area contributed by atoms with Gasteiger partial charge < -0.3 is 4.98 Å². The Bertz CT molecular complexity index is 684. The van der Waals surface area contributed by atoms with Gasteiger partial charge in [0.2, 0.25) is 0 Å². The molecule has 2 heterocycles. The van der Waals surface area contributed by atoms with Crippen LogP contribution in [0.4, 0.5) is 8.78 Å². The van der Waals surface area contributed by atoms with Crippen molar-refractivity contribution < 1.29 is 8.78 Å². The Balaban J connectivity index is 2.19. The van der Waals surface area contributed by atoms with Crippen molar-refractivity contribution in [2.24, 2.45) is 0 Å². The van der Waals surface area contributed by atoms with Gasteiger partial charge in [-0.3, -0.25) is 0 Å². The Kier molecular flexibility index (Phi) is 2.45. The number of rotatable bonds is 1. The SMILES string of the molecule is Cc1cc(-c2nc3cc(F)c(F)cc3[nH]2)sc1C. The first-order valence-corrected chi connectivity index (χ1v) is 6.28. The zero-order chi connectivity index (χ0) is 12.9. The van der Waals surface area contributed by atoms with Crippen LogP contribution in [0, 0.1) is 25.5 Å². The number of aromatic nitrogens is 2. The van der Waals surface area contributed by atoms with Crippen molar-refractivity contribution in [1.82, 2.24) is 9.97 Å². The number of halogens is 2. The smallest absolute Gasteiger partial charge is 0.161 e. The highest BCUT2D eigenvalue weighted by Gasteiger charge is 2.12. The minimum atomic E-state index is -0.876. The molecule has 0 bridgehead atoms. The highest BCUT2D eigenvalue weighted by molar-refractivity contribution is 7.15. The lowest BCUT2D eigenvalue weighted by molar-refractivity contribution is 0.510. The summed E-state index contributed by atoms with van der Waals surface area (Å²) < 4.78 is 26.2. The number of fused-ring (bicyclic) bond motifs is 1. The molecule has 5 heteroatoms. The van der Waals surface area contributed by atoms with E-state index in [9.17, 15) is 8.78 Å². The summed E-state index contributed by atoms with van der Waals surface area (Å²) in [6.07, 6.45) is 0. The topological polar surface area (TPSA) is 28.7 Å². The van der Waals surface area contributed by atoms with Crippen molar-refractivity contribution in [2.45, 2.75) is 13.8 Å². The molecule has 0 radical (unpaired) electrons. The molecule has 0 amide bonds. The van der Waals surface area contributed by atoms with Crippen LogP contribution < -0.4 is 0 Å². The second kappa shape index (κ2) is 3.88. The van der Waals surface area contributed by atoms with E-state index in [-0.39, 0.29) is 0 Å². The summed E-state index contributed by atoms with van der Waals surface area (Å²) in [6.45, 7) is 4.06. The number of hydrogen-bond donors (Lipinski definition) is 1. The predicted molar refractivity (Wildman–Crippen MR) is 68.8 cm³/mol. The van der Waals surface area contributed by atoms with Crippen LogP contribution in [0.3, 0.4) is 0 Å². The quantitative estimate of drug-likeness (QED) is 0.701. The summed E-state index contributed by atoms with van der Waals surface area (Å²) in [7, 11) is 0. The van der Waals surface area contributed by atoms with Crippen molar-refractivity contribution in [2.75, 3.05) is 0 Å². The first-order valence-electron chi connectivity index (χ1n) is 5.47. The lowest BCUT2D eigenvalue weighted by Gasteiger charge is -1.90. The van der Waals surface area contributed by atoms with Gasteiger partial charge in [-0.05, 0) is 25.5 Å². The molecule has 0 saturated heterocycles. The number of nitrogens with zero attached hydrogens (tertiary/aromatic N) is 1. The zero-order valence-electron chi connectivity index (χ0n) is 9.84. The maximum atomic E-state index is 13.1. The fourth-order valence-electron chi connectivity index (χ4n) is 1.81. The van der Waals surface area contributed by atoms with Crippen LogP contribution in [0.2, 0.25) is 0 Å². The van der Waals surface area contributed by atoms with Crippen LogP contribution in [0.25, 0.3) is 21.7 Å². The normalized spacial score (nSPS) is 11.3. The third kappa shape index (κ3) is 1.71. The first-order chi connectivity index (χ1) is 8.54. The van der Waals surface area contributed by atoms with Gasteiger partial charge in [0.05, 0.1) is 15.9 Å². The molecule has 0 aliphatic rings. The third-order valence-electron chi connectivity index (χ3n) is 2.92. The van der Waals surface area contributed by atoms with Gasteiger partial charge >= 0.3 is 0 Å². The molecule has 3 aromatic rings. The molecule has 92 valence electrons. The van der Waals surface area contributed by atoms with E-state index in [1.54, 1.807) is 11.3 Å². The second-order valence-corrected chi connectivity index (χ2v) is 5.48. The molecule has 0 aliphatic carbocycles. The van der Waals surface area contributed by atoms with Crippen LogP contribution in [0.1, 0.15) is 10.4 Å². The van der Waals surface area contributed by atoms with Crippen LogP contribution in [0.5, 0.6) is 0 Å². The molecule has 0 spiro atoms. The molecule has 0 fully saturated rings. The number of hydrogen-bond acceptors (Lipinski definition) is 2. The largest absolute Gasteiger partial charge is 0.337 e. The number of nitrogens with one attached hydrogen (secondary N) is 1. The van der Waals surface area contributed by atoms with Gasteiger partial charge in [0.1, 0.15) is 5.82 Å². The average molecular weight is 264 g/mol. The zero-order valence-corrected chi connectivity index (χ0v) is 10.7. The summed E-state index contributed by atoms with van der Waals surface area (Å²) in [4.78, 5) is 9.49. The molecule has 0 aliphatic heterocycles. The minimum Gasteiger partial charge on any atom is -0.337 e. The molecular weight excluding hydrogens is 254 g/mol. The van der Waals surface area contributed by atoms with Gasteiger partial charge in [0.15, 0.2) is 11.6 Å². The Morgan fingerprint density at radius 2 is 1.83 bits per heavy atom. The molecule has 2 nitrogen and oxygen atoms in total. The van der Waals surface area contributed by atoms with Crippen molar-refractivity contribution in [3.05, 3.63) is 40.3 Å². The number of aryl methyl sites for hydroxylation is 2. The number of benzene rings is 1. The summed E-state index contributed by atoms with van der Waals surface area (Å²) >= 11 is 1.61. The summed E-state index contributed by atoms with van der Waals surface area (Å²) in [5, 5.41) is 0. The molecule has 1 aromatic carbocycles. The van der Waals surface area contributed by atoms with E-state index >= 15 is 0 Å². The maximum Gasteiger partial charge on any atom is 0.161 e. The van der Waals surface area contributed by atoms with Crippen molar-refractivity contribution in [3.63, 3.8) is 0 Å². The van der Waals surface area contributed by atoms with Crippen molar-refractivity contribution in [1.29, 1.82) is 0 Å². The highest BCUT2D eigenvalue weighted by Crippen LogP contribution is 2.30. The maximum absolute atomic E-state index is 13.1. The number of imidazole rings is 1. The Hall–Kier alpha value is -1.75. The van der Waals surface area contributed by atoms with Gasteiger partial charge in [-0.15, -0.1) is 11.3 Å². The molecule has 0 saturated carbocycles. The summed E-state index contributed by atoms with van der Waals surface area (Å²) in [5.74, 6) is -1.09. The molecule has 0 atom stereocenters. The van der Waals surface area contributed by atoms with Gasteiger partial charge in [-0.2, -0.15) is 0 Å². The molecule has 0 unspecified atom stereocenters. The summed E-state index contributed by atoms with van der Waals surface area (Å²) in [5.41, 5.74) is 2.13. The Morgan fingerprint density at radius 3 is 2.50 bits per heavy atom. The van der Waals surface area contributed by atoms with Gasteiger partial charge in [-0.25, -0.2) is 13.8 Å². The Morgan fingerprint density at radius 1 is 1.11 bits per heavy atom. The number of aromatic amines is 1. The monoisotopic (exact) mass is 264 g/mol. The molecule has 1 N–H and O–H groups in total. The van der Waals surface area contributed by atoms with E-state index in [1.165, 1.54) is 10.4 Å². The molecule has 3 rings (SSSR count). The van der Waals surface area contributed by atoms with Crippen molar-refractivity contribution >= 4 is 22.4 Å². The average Bonchev–Trinajstić information content (AvgIpc) is 2.84. The van der Waals surface area contributed by atoms with E-state index in [0.717, 1.165) is 17.0 Å². The van der Waals surface area contributed by atoms with Gasteiger partial charge in [-0.1, -0.05) is 0 Å². The van der Waals surface area contributed by atoms with E-state index < -0.39 is 11.6 Å². The van der Waals surface area contributed by atoms with E-state index in [1.807, 2.05) is 19.9 Å². The lowest BCUT2D eigenvalue weighted by atomic mass is 10.3. The predicted octanol–water partition coefficient (Wildman–Crippen LogP) is 4.19. The number of H-pyrrole nitrogens is 1. The highest BCUT2D eigenvalue weighted by atomic mass is 32.1. The van der Waals surface area contributed by atoms with Crippen LogP contribution >= 0.6 is 11.3 Å². The third-order valence-corrected chi connectivity index (χ3v) is 4.08.